The summed E-state index contributed by atoms with van der Waals surface area (Å²) >= 11 is 0. The maximum absolute atomic E-state index is 11.5. The van der Waals surface area contributed by atoms with Crippen LogP contribution in [0.15, 0.2) is 35.5 Å². The van der Waals surface area contributed by atoms with Crippen LogP contribution in [0.4, 0.5) is 0 Å². The van der Waals surface area contributed by atoms with E-state index in [2.05, 4.69) is 0 Å². The zero-order chi connectivity index (χ0) is 32.6. The molecule has 7 heteroatoms. The minimum Gasteiger partial charge on any atom is -0.512 e. The number of rotatable bonds is 3. The fraction of sp³-hybridized carbons (Fsp3) is 0.727. The second-order valence-corrected chi connectivity index (χ2v) is 16.2. The number of hydrogen-bond acceptors (Lipinski definition) is 6. The molecule has 0 rings (SSSR count). The van der Waals surface area contributed by atoms with Crippen molar-refractivity contribution in [3.05, 3.63) is 35.5 Å². The van der Waals surface area contributed by atoms with Crippen LogP contribution in [0.2, 0.25) is 0 Å². The summed E-state index contributed by atoms with van der Waals surface area (Å²) in [4.78, 5) is 34.5. The van der Waals surface area contributed by atoms with Crippen LogP contribution in [0.1, 0.15) is 125 Å². The minimum atomic E-state index is -0.417. The summed E-state index contributed by atoms with van der Waals surface area (Å²) in [5, 5.41) is 28.7. The third kappa shape index (κ3) is 21.7. The van der Waals surface area contributed by atoms with E-state index in [4.69, 9.17) is 0 Å². The first-order valence-corrected chi connectivity index (χ1v) is 13.5. The van der Waals surface area contributed by atoms with Crippen molar-refractivity contribution in [2.75, 3.05) is 0 Å². The molecule has 0 saturated heterocycles. The Balaban J connectivity index is -0.000000240. The molecule has 0 saturated carbocycles. The van der Waals surface area contributed by atoms with Crippen molar-refractivity contribution in [3.63, 3.8) is 0 Å². The van der Waals surface area contributed by atoms with E-state index >= 15 is 0 Å². The molecule has 0 atom stereocenters. The number of carbonyl (C=O) groups excluding carboxylic acids is 3. The minimum absolute atomic E-state index is 0. The quantitative estimate of drug-likeness (QED) is 0.200. The average molecular weight is 697 g/mol. The molecule has 0 aromatic rings. The van der Waals surface area contributed by atoms with Crippen molar-refractivity contribution in [1.29, 1.82) is 0 Å². The summed E-state index contributed by atoms with van der Waals surface area (Å²) < 4.78 is 0. The molecule has 0 radical (unpaired) electrons. The molecular formula is C33H60NdO6. The van der Waals surface area contributed by atoms with Gasteiger partial charge >= 0.3 is 0 Å². The summed E-state index contributed by atoms with van der Waals surface area (Å²) in [6, 6.07) is 0. The molecule has 0 aromatic carbocycles. The number of carbonyl (C=O) groups is 3. The molecule has 3 N–H and O–H groups in total. The van der Waals surface area contributed by atoms with Crippen molar-refractivity contribution >= 4 is 17.3 Å². The normalized spacial score (nSPS) is 14.1. The second kappa shape index (κ2) is 16.6. The maximum Gasteiger partial charge on any atom is 0.164 e. The van der Waals surface area contributed by atoms with E-state index in [0.717, 1.165) is 0 Å². The Labute approximate surface area is 278 Å². The van der Waals surface area contributed by atoms with Crippen molar-refractivity contribution < 1.29 is 70.5 Å². The van der Waals surface area contributed by atoms with Crippen LogP contribution in [0.5, 0.6) is 0 Å². The zero-order valence-electron chi connectivity index (χ0n) is 28.8. The first-order chi connectivity index (χ1) is 16.6. The Morgan fingerprint density at radius 2 is 0.475 bits per heavy atom. The van der Waals surface area contributed by atoms with Crippen molar-refractivity contribution in [3.8, 4) is 0 Å². The molecule has 0 aliphatic heterocycles. The molecule has 0 bridgehead atoms. The molecule has 0 spiro atoms. The van der Waals surface area contributed by atoms with E-state index in [-0.39, 0.29) is 91.7 Å². The summed E-state index contributed by atoms with van der Waals surface area (Å²) in [6.45, 7) is 33.3. The van der Waals surface area contributed by atoms with Crippen LogP contribution in [0.3, 0.4) is 0 Å². The van der Waals surface area contributed by atoms with Gasteiger partial charge in [0.1, 0.15) is 17.3 Å². The van der Waals surface area contributed by atoms with E-state index in [1.807, 2.05) is 125 Å². The number of ketones is 3. The van der Waals surface area contributed by atoms with E-state index in [1.165, 1.54) is 18.2 Å². The standard InChI is InChI=1S/3C11H20O2.Nd/c3*1-10(2,3)8(12)7-9(13)11(4,5)6;/h3*7,12H,1-6H3;/b3*8-7-;. The fourth-order valence-corrected chi connectivity index (χ4v) is 1.67. The monoisotopic (exact) mass is 694 g/mol. The molecule has 40 heavy (non-hydrogen) atoms. The smallest absolute Gasteiger partial charge is 0.164 e. The number of aliphatic hydroxyl groups excluding tert-OH is 3. The number of aliphatic hydroxyl groups is 3. The van der Waals surface area contributed by atoms with Gasteiger partial charge in [0.15, 0.2) is 17.3 Å². The molecule has 0 heterocycles. The van der Waals surface area contributed by atoms with Crippen LogP contribution in [-0.4, -0.2) is 32.7 Å². The Morgan fingerprint density at radius 3 is 0.550 bits per heavy atom. The van der Waals surface area contributed by atoms with Gasteiger partial charge in [-0.2, -0.15) is 0 Å². The van der Waals surface area contributed by atoms with Gasteiger partial charge in [0.25, 0.3) is 0 Å². The van der Waals surface area contributed by atoms with E-state index in [9.17, 15) is 29.7 Å². The number of hydrogen-bond donors (Lipinski definition) is 3. The summed E-state index contributed by atoms with van der Waals surface area (Å²) in [5.74, 6) is 0.312. The first-order valence-electron chi connectivity index (χ1n) is 13.5. The van der Waals surface area contributed by atoms with Crippen LogP contribution in [0, 0.1) is 73.3 Å². The molecular weight excluding hydrogens is 637 g/mol. The summed E-state index contributed by atoms with van der Waals surface area (Å²) in [7, 11) is 0. The van der Waals surface area contributed by atoms with Gasteiger partial charge in [0.2, 0.25) is 0 Å². The van der Waals surface area contributed by atoms with Gasteiger partial charge in [-0.15, -0.1) is 0 Å². The van der Waals surface area contributed by atoms with Gasteiger partial charge in [-0.25, -0.2) is 0 Å². The largest absolute Gasteiger partial charge is 0.512 e. The molecule has 0 aromatic heterocycles. The van der Waals surface area contributed by atoms with E-state index < -0.39 is 16.2 Å². The Bertz CT molecular complexity index is 801. The van der Waals surface area contributed by atoms with Gasteiger partial charge in [0, 0.05) is 91.6 Å². The first kappa shape index (κ1) is 46.0. The molecule has 0 amide bonds. The van der Waals surface area contributed by atoms with E-state index in [1.54, 1.807) is 0 Å². The average Bonchev–Trinajstić information content (AvgIpc) is 2.64. The van der Waals surface area contributed by atoms with Crippen molar-refractivity contribution in [2.24, 2.45) is 32.5 Å². The van der Waals surface area contributed by atoms with Gasteiger partial charge < -0.3 is 15.3 Å². The molecule has 0 fully saturated rings. The zero-order valence-corrected chi connectivity index (χ0v) is 32.0. The third-order valence-electron chi connectivity index (χ3n) is 5.33. The van der Waals surface area contributed by atoms with Gasteiger partial charge in [0.05, 0.1) is 0 Å². The maximum atomic E-state index is 11.5. The molecule has 0 aliphatic carbocycles. The van der Waals surface area contributed by atoms with Gasteiger partial charge in [-0.3, -0.25) is 14.4 Å². The Hall–Kier alpha value is -1.02. The SMILES string of the molecule is CC(C)(C)C(=O)/C=C(\O)C(C)(C)C.CC(C)(C)C(=O)/C=C(\O)C(C)(C)C.CC(C)(C)C(=O)/C=C(\O)C(C)(C)C.[Nd]. The van der Waals surface area contributed by atoms with Crippen LogP contribution in [0.25, 0.3) is 0 Å². The second-order valence-electron chi connectivity index (χ2n) is 16.2. The third-order valence-corrected chi connectivity index (χ3v) is 5.33. The van der Waals surface area contributed by atoms with E-state index in [0.29, 0.717) is 0 Å². The van der Waals surface area contributed by atoms with Crippen LogP contribution in [-0.2, 0) is 14.4 Å². The molecule has 0 unspecified atom stereocenters. The molecule has 232 valence electrons. The van der Waals surface area contributed by atoms with Crippen LogP contribution < -0.4 is 0 Å². The van der Waals surface area contributed by atoms with Crippen LogP contribution >= 0.6 is 0 Å². The summed E-state index contributed by atoms with van der Waals surface area (Å²) in [5.41, 5.74) is -2.29. The van der Waals surface area contributed by atoms with Crippen molar-refractivity contribution in [1.82, 2.24) is 0 Å². The molecule has 0 aliphatic rings. The topological polar surface area (TPSA) is 112 Å². The van der Waals surface area contributed by atoms with Crippen molar-refractivity contribution in [2.45, 2.75) is 125 Å². The Morgan fingerprint density at radius 1 is 0.350 bits per heavy atom. The fourth-order valence-electron chi connectivity index (χ4n) is 1.67. The molecule has 6 nitrogen and oxygen atoms in total. The van der Waals surface area contributed by atoms with Gasteiger partial charge in [-0.05, 0) is 0 Å². The predicted molar refractivity (Wildman–Crippen MR) is 164 cm³/mol. The predicted octanol–water partition coefficient (Wildman–Crippen LogP) is 9.27. The number of allylic oxidation sites excluding steroid dienone is 6. The summed E-state index contributed by atoms with van der Waals surface area (Å²) in [6.07, 6.45) is 4.00. The van der Waals surface area contributed by atoms with Gasteiger partial charge in [-0.1, -0.05) is 125 Å². The Kier molecular flexibility index (Phi) is 19.0.